The van der Waals surface area contributed by atoms with E-state index in [1.807, 2.05) is 6.07 Å². The lowest BCUT2D eigenvalue weighted by Gasteiger charge is -2.06. The molecule has 4 rings (SSSR count). The fourth-order valence-electron chi connectivity index (χ4n) is 3.36. The third-order valence-corrected chi connectivity index (χ3v) is 5.77. The molecule has 7 heteroatoms. The maximum Gasteiger partial charge on any atom is 0.160 e. The van der Waals surface area contributed by atoms with Crippen LogP contribution in [0, 0.1) is 34.7 Å². The summed E-state index contributed by atoms with van der Waals surface area (Å²) in [6.45, 7) is 0. The molecular weight excluding hydrogens is 385 g/mol. The lowest BCUT2D eigenvalue weighted by Crippen LogP contribution is -2.14. The van der Waals surface area contributed by atoms with Crippen molar-refractivity contribution in [2.75, 3.05) is 0 Å². The van der Waals surface area contributed by atoms with E-state index in [4.69, 9.17) is 0 Å². The monoisotopic (exact) mass is 398 g/mol. The molecule has 3 nitrogen and oxygen atoms in total. The summed E-state index contributed by atoms with van der Waals surface area (Å²) in [7, 11) is 0. The molecule has 0 aliphatic heterocycles. The first-order chi connectivity index (χ1) is 13.5. The second-order valence-corrected chi connectivity index (χ2v) is 7.49. The van der Waals surface area contributed by atoms with Gasteiger partial charge in [0, 0.05) is 11.3 Å². The van der Waals surface area contributed by atoms with Gasteiger partial charge in [-0.1, -0.05) is 24.3 Å². The van der Waals surface area contributed by atoms with Gasteiger partial charge in [0.2, 0.25) is 0 Å². The van der Waals surface area contributed by atoms with Crippen LogP contribution in [0.25, 0.3) is 11.3 Å². The van der Waals surface area contributed by atoms with E-state index in [9.17, 15) is 23.2 Å². The highest BCUT2D eigenvalue weighted by Gasteiger charge is 2.48. The molecule has 28 heavy (non-hydrogen) atoms. The van der Waals surface area contributed by atoms with Crippen molar-refractivity contribution in [2.24, 2.45) is 5.92 Å². The van der Waals surface area contributed by atoms with Crippen molar-refractivity contribution in [1.29, 1.82) is 5.26 Å². The average Bonchev–Trinajstić information content (AvgIpc) is 3.33. The molecule has 3 aromatic rings. The van der Waals surface area contributed by atoms with Crippen LogP contribution in [0.1, 0.15) is 28.8 Å². The van der Waals surface area contributed by atoms with Gasteiger partial charge in [0.25, 0.3) is 0 Å². The number of carbonyl (C=O) groups is 1. The number of carbonyl (C=O) groups excluding carboxylic acids is 1. The van der Waals surface area contributed by atoms with Crippen molar-refractivity contribution >= 4 is 17.1 Å². The summed E-state index contributed by atoms with van der Waals surface area (Å²) < 4.78 is 41.9. The molecule has 1 heterocycles. The van der Waals surface area contributed by atoms with Gasteiger partial charge in [-0.3, -0.25) is 4.79 Å². The third kappa shape index (κ3) is 3.20. The summed E-state index contributed by atoms with van der Waals surface area (Å²) in [6, 6.07) is 11.7. The molecular formula is C21H13F3N2OS. The number of ketones is 1. The summed E-state index contributed by atoms with van der Waals surface area (Å²) in [6.07, 6.45) is 0.470. The minimum atomic E-state index is -1.14. The van der Waals surface area contributed by atoms with Crippen LogP contribution in [-0.2, 0) is 4.79 Å². The number of nitrogens with zero attached hydrogens (tertiary/aromatic N) is 2. The Bertz CT molecular complexity index is 1080. The molecule has 3 atom stereocenters. The van der Waals surface area contributed by atoms with Gasteiger partial charge in [-0.05, 0) is 36.1 Å². The Labute approximate surface area is 163 Å². The topological polar surface area (TPSA) is 53.8 Å². The summed E-state index contributed by atoms with van der Waals surface area (Å²) >= 11 is 1.01. The Morgan fingerprint density at radius 1 is 1.11 bits per heavy atom. The summed E-state index contributed by atoms with van der Waals surface area (Å²) in [4.78, 5) is 16.9. The molecule has 0 amide bonds. The Morgan fingerprint density at radius 2 is 1.79 bits per heavy atom. The Morgan fingerprint density at radius 3 is 2.46 bits per heavy atom. The van der Waals surface area contributed by atoms with Crippen molar-refractivity contribution in [3.8, 4) is 17.3 Å². The predicted octanol–water partition coefficient (Wildman–Crippen LogP) is 5.21. The van der Waals surface area contributed by atoms with Gasteiger partial charge in [-0.2, -0.15) is 5.26 Å². The molecule has 1 aromatic heterocycles. The second-order valence-electron chi connectivity index (χ2n) is 6.60. The number of nitriles is 1. The summed E-state index contributed by atoms with van der Waals surface area (Å²) in [5.41, 5.74) is 0.223. The highest BCUT2D eigenvalue weighted by Crippen LogP contribution is 2.51. The van der Waals surface area contributed by atoms with E-state index in [-0.39, 0.29) is 33.8 Å². The number of Topliss-reactive ketones (excluding diaryl/α,β-unsaturated/α-hetero) is 1. The number of benzene rings is 2. The smallest absolute Gasteiger partial charge is 0.160 e. The maximum absolute atomic E-state index is 14.0. The lowest BCUT2D eigenvalue weighted by atomic mass is 9.99. The van der Waals surface area contributed by atoms with Gasteiger partial charge in [0.05, 0.1) is 17.3 Å². The molecule has 1 aliphatic carbocycles. The highest BCUT2D eigenvalue weighted by atomic mass is 32.1. The van der Waals surface area contributed by atoms with E-state index in [1.165, 1.54) is 17.5 Å². The zero-order valence-electron chi connectivity index (χ0n) is 14.4. The number of rotatable bonds is 5. The van der Waals surface area contributed by atoms with Gasteiger partial charge in [-0.15, -0.1) is 11.3 Å². The molecule has 0 N–H and O–H groups in total. The van der Waals surface area contributed by atoms with Crippen LogP contribution in [0.4, 0.5) is 13.2 Å². The van der Waals surface area contributed by atoms with Crippen molar-refractivity contribution in [1.82, 2.24) is 4.98 Å². The molecule has 2 aromatic carbocycles. The normalized spacial score (nSPS) is 19.1. The fourth-order valence-corrected chi connectivity index (χ4v) is 4.22. The first-order valence-corrected chi connectivity index (χ1v) is 9.46. The number of hydrogen-bond donors (Lipinski definition) is 0. The molecule has 1 saturated carbocycles. The minimum absolute atomic E-state index is 0.0464. The standard InChI is InChI=1S/C21H13F3N2OS/c22-15-5-2-1-4-11(15)12-8-13(12)20(27)14(9-25)21-26-18(10-28-21)19-16(23)6-3-7-17(19)24/h1-7,10,12-14H,8H2/t12-,13-,14-/m1/s1. The van der Waals surface area contributed by atoms with Crippen molar-refractivity contribution < 1.29 is 18.0 Å². The highest BCUT2D eigenvalue weighted by molar-refractivity contribution is 7.10. The van der Waals surface area contributed by atoms with Gasteiger partial charge >= 0.3 is 0 Å². The van der Waals surface area contributed by atoms with Crippen molar-refractivity contribution in [3.05, 3.63) is 75.9 Å². The van der Waals surface area contributed by atoms with Crippen LogP contribution in [0.5, 0.6) is 0 Å². The molecule has 0 radical (unpaired) electrons. The number of aromatic nitrogens is 1. The molecule has 0 saturated heterocycles. The van der Waals surface area contributed by atoms with Crippen LogP contribution in [0.15, 0.2) is 47.8 Å². The molecule has 1 aliphatic rings. The predicted molar refractivity (Wildman–Crippen MR) is 98.1 cm³/mol. The summed E-state index contributed by atoms with van der Waals surface area (Å²) in [5.74, 6) is -4.10. The number of halogens is 3. The van der Waals surface area contributed by atoms with E-state index < -0.39 is 23.5 Å². The Balaban J connectivity index is 1.58. The zero-order valence-corrected chi connectivity index (χ0v) is 15.2. The van der Waals surface area contributed by atoms with Crippen LogP contribution < -0.4 is 0 Å². The minimum Gasteiger partial charge on any atom is -0.297 e. The molecule has 1 fully saturated rings. The zero-order chi connectivity index (χ0) is 19.8. The number of hydrogen-bond acceptors (Lipinski definition) is 4. The Hall–Kier alpha value is -2.98. The molecule has 140 valence electrons. The maximum atomic E-state index is 14.0. The van der Waals surface area contributed by atoms with E-state index in [2.05, 4.69) is 4.98 Å². The van der Waals surface area contributed by atoms with Crippen LogP contribution in [0.3, 0.4) is 0 Å². The lowest BCUT2D eigenvalue weighted by molar-refractivity contribution is -0.120. The van der Waals surface area contributed by atoms with Crippen LogP contribution in [-0.4, -0.2) is 10.8 Å². The largest absolute Gasteiger partial charge is 0.297 e. The molecule has 0 spiro atoms. The van der Waals surface area contributed by atoms with Crippen LogP contribution >= 0.6 is 11.3 Å². The van der Waals surface area contributed by atoms with Gasteiger partial charge in [-0.25, -0.2) is 18.2 Å². The third-order valence-electron chi connectivity index (χ3n) is 4.86. The SMILES string of the molecule is N#C[C@H](C(=O)[C@@H]1C[C@@H]1c1ccccc1F)c1nc(-c2c(F)cccc2F)cs1. The first-order valence-electron chi connectivity index (χ1n) is 8.58. The van der Waals surface area contributed by atoms with Crippen molar-refractivity contribution in [2.45, 2.75) is 18.3 Å². The molecule has 0 bridgehead atoms. The Kier molecular flexibility index (Phi) is 4.73. The van der Waals surface area contributed by atoms with Gasteiger partial charge in [0.15, 0.2) is 11.7 Å². The fraction of sp³-hybridized carbons (Fsp3) is 0.190. The quantitative estimate of drug-likeness (QED) is 0.593. The number of thiazole rings is 1. The van der Waals surface area contributed by atoms with E-state index in [0.717, 1.165) is 23.5 Å². The average molecular weight is 398 g/mol. The first kappa shape index (κ1) is 18.4. The second kappa shape index (κ2) is 7.21. The molecule has 0 unspecified atom stereocenters. The van der Waals surface area contributed by atoms with E-state index in [0.29, 0.717) is 12.0 Å². The van der Waals surface area contributed by atoms with E-state index >= 15 is 0 Å². The van der Waals surface area contributed by atoms with Crippen molar-refractivity contribution in [3.63, 3.8) is 0 Å². The van der Waals surface area contributed by atoms with Gasteiger partial charge < -0.3 is 0 Å². The summed E-state index contributed by atoms with van der Waals surface area (Å²) in [5, 5.41) is 11.1. The van der Waals surface area contributed by atoms with Gasteiger partial charge in [0.1, 0.15) is 22.5 Å². The van der Waals surface area contributed by atoms with Crippen LogP contribution in [0.2, 0.25) is 0 Å². The van der Waals surface area contributed by atoms with E-state index in [1.54, 1.807) is 18.2 Å².